The molecule has 2 nitrogen and oxygen atoms in total. The number of aromatic amines is 1. The van der Waals surface area contributed by atoms with Crippen molar-refractivity contribution in [1.29, 1.82) is 0 Å². The summed E-state index contributed by atoms with van der Waals surface area (Å²) in [6.45, 7) is 0.597. The lowest BCUT2D eigenvalue weighted by Crippen LogP contribution is -1.99. The van der Waals surface area contributed by atoms with Gasteiger partial charge in [-0.3, -0.25) is 0 Å². The Morgan fingerprint density at radius 3 is 2.85 bits per heavy atom. The number of hydrogen-bond acceptors (Lipinski definition) is 1. The molecule has 0 fully saturated rings. The van der Waals surface area contributed by atoms with Gasteiger partial charge in [-0.05, 0) is 36.0 Å². The Morgan fingerprint density at radius 1 is 1.30 bits per heavy atom. The average Bonchev–Trinajstić information content (AvgIpc) is 2.67. The molecule has 0 radical (unpaired) electrons. The maximum Gasteiger partial charge on any atom is 0.178 e. The summed E-state index contributed by atoms with van der Waals surface area (Å²) >= 11 is 14.6. The molecule has 0 saturated carbocycles. The Labute approximate surface area is 133 Å². The highest BCUT2D eigenvalue weighted by molar-refractivity contribution is 9.10. The Morgan fingerprint density at radius 2 is 2.10 bits per heavy atom. The van der Waals surface area contributed by atoms with Gasteiger partial charge in [-0.2, -0.15) is 0 Å². The van der Waals surface area contributed by atoms with Crippen molar-refractivity contribution in [3.05, 3.63) is 62.0 Å². The van der Waals surface area contributed by atoms with Gasteiger partial charge in [-0.1, -0.05) is 39.7 Å². The minimum absolute atomic E-state index is 0.0921. The van der Waals surface area contributed by atoms with Gasteiger partial charge in [0.25, 0.3) is 0 Å². The van der Waals surface area contributed by atoms with E-state index in [0.717, 1.165) is 15.6 Å². The minimum atomic E-state index is -0.454. The minimum Gasteiger partial charge on any atom is -0.330 e. The van der Waals surface area contributed by atoms with Gasteiger partial charge in [0.2, 0.25) is 0 Å². The SMILES string of the molecule is Fc1cc2[nH]c(=S)n(Cc3cccc(Br)c3)c2cc1Cl. The molecule has 0 spiro atoms. The van der Waals surface area contributed by atoms with Crippen LogP contribution in [0.5, 0.6) is 0 Å². The molecule has 0 bridgehead atoms. The first-order valence-corrected chi connectivity index (χ1v) is 7.44. The summed E-state index contributed by atoms with van der Waals surface area (Å²) in [5, 5.41) is 0.0921. The lowest BCUT2D eigenvalue weighted by atomic mass is 10.2. The summed E-state index contributed by atoms with van der Waals surface area (Å²) in [7, 11) is 0. The number of nitrogens with zero attached hydrogens (tertiary/aromatic N) is 1. The van der Waals surface area contributed by atoms with E-state index in [1.54, 1.807) is 6.07 Å². The summed E-state index contributed by atoms with van der Waals surface area (Å²) in [6, 6.07) is 10.9. The van der Waals surface area contributed by atoms with Crippen LogP contribution in [0.4, 0.5) is 4.39 Å². The maximum atomic E-state index is 13.5. The van der Waals surface area contributed by atoms with Crippen molar-refractivity contribution in [3.8, 4) is 0 Å². The fourth-order valence-corrected chi connectivity index (χ4v) is 3.00. The number of rotatable bonds is 2. The highest BCUT2D eigenvalue weighted by Crippen LogP contribution is 2.24. The third kappa shape index (κ3) is 2.53. The van der Waals surface area contributed by atoms with Crippen LogP contribution in [-0.2, 0) is 6.54 Å². The molecule has 0 unspecified atom stereocenters. The largest absolute Gasteiger partial charge is 0.330 e. The highest BCUT2D eigenvalue weighted by Gasteiger charge is 2.09. The summed E-state index contributed by atoms with van der Waals surface area (Å²) in [4.78, 5) is 3.00. The fourth-order valence-electron chi connectivity index (χ4n) is 2.13. The summed E-state index contributed by atoms with van der Waals surface area (Å²) in [6.07, 6.45) is 0. The van der Waals surface area contributed by atoms with Gasteiger partial charge in [0.15, 0.2) is 4.77 Å². The van der Waals surface area contributed by atoms with Crippen LogP contribution in [0.1, 0.15) is 5.56 Å². The number of halogens is 3. The summed E-state index contributed by atoms with van der Waals surface area (Å²) < 4.78 is 16.9. The number of fused-ring (bicyclic) bond motifs is 1. The zero-order valence-corrected chi connectivity index (χ0v) is 13.3. The maximum absolute atomic E-state index is 13.5. The van der Waals surface area contributed by atoms with E-state index in [-0.39, 0.29) is 5.02 Å². The van der Waals surface area contributed by atoms with Crippen LogP contribution in [0.25, 0.3) is 11.0 Å². The molecular weight excluding hydrogens is 363 g/mol. The Kier molecular flexibility index (Phi) is 3.67. The zero-order valence-electron chi connectivity index (χ0n) is 10.2. The topological polar surface area (TPSA) is 20.7 Å². The highest BCUT2D eigenvalue weighted by atomic mass is 79.9. The Balaban J connectivity index is 2.14. The predicted molar refractivity (Wildman–Crippen MR) is 85.3 cm³/mol. The van der Waals surface area contributed by atoms with Gasteiger partial charge in [-0.25, -0.2) is 4.39 Å². The van der Waals surface area contributed by atoms with Crippen molar-refractivity contribution in [2.24, 2.45) is 0 Å². The van der Waals surface area contributed by atoms with Crippen LogP contribution in [0.3, 0.4) is 0 Å². The number of imidazole rings is 1. The van der Waals surface area contributed by atoms with Crippen LogP contribution in [0.2, 0.25) is 5.02 Å². The van der Waals surface area contributed by atoms with Crippen molar-refractivity contribution in [2.45, 2.75) is 6.54 Å². The molecule has 6 heteroatoms. The van der Waals surface area contributed by atoms with Crippen molar-refractivity contribution >= 4 is 50.8 Å². The van der Waals surface area contributed by atoms with Crippen molar-refractivity contribution in [2.75, 3.05) is 0 Å². The molecule has 1 heterocycles. The quantitative estimate of drug-likeness (QED) is 0.606. The normalized spacial score (nSPS) is 11.2. The van der Waals surface area contributed by atoms with Gasteiger partial charge in [0.1, 0.15) is 5.82 Å². The Hall–Kier alpha value is -1.17. The second-order valence-electron chi connectivity index (χ2n) is 4.43. The molecule has 1 aromatic heterocycles. The van der Waals surface area contributed by atoms with E-state index in [0.29, 0.717) is 16.8 Å². The summed E-state index contributed by atoms with van der Waals surface area (Å²) in [5.74, 6) is -0.454. The van der Waals surface area contributed by atoms with E-state index in [1.165, 1.54) is 6.07 Å². The van der Waals surface area contributed by atoms with E-state index in [9.17, 15) is 4.39 Å². The third-order valence-electron chi connectivity index (χ3n) is 3.05. The average molecular weight is 372 g/mol. The first kappa shape index (κ1) is 13.8. The van der Waals surface area contributed by atoms with E-state index >= 15 is 0 Å². The van der Waals surface area contributed by atoms with Crippen LogP contribution in [-0.4, -0.2) is 9.55 Å². The van der Waals surface area contributed by atoms with Crippen molar-refractivity contribution in [1.82, 2.24) is 9.55 Å². The van der Waals surface area contributed by atoms with Gasteiger partial charge < -0.3 is 9.55 Å². The first-order valence-electron chi connectivity index (χ1n) is 5.86. The molecule has 20 heavy (non-hydrogen) atoms. The van der Waals surface area contributed by atoms with Gasteiger partial charge in [-0.15, -0.1) is 0 Å². The van der Waals surface area contributed by atoms with Gasteiger partial charge in [0, 0.05) is 10.5 Å². The molecule has 0 aliphatic carbocycles. The van der Waals surface area contributed by atoms with Gasteiger partial charge in [0.05, 0.1) is 22.6 Å². The molecule has 0 amide bonds. The number of nitrogens with one attached hydrogen (secondary N) is 1. The third-order valence-corrected chi connectivity index (χ3v) is 4.15. The lowest BCUT2D eigenvalue weighted by Gasteiger charge is -2.06. The van der Waals surface area contributed by atoms with E-state index < -0.39 is 5.82 Å². The Bertz CT molecular complexity index is 856. The lowest BCUT2D eigenvalue weighted by molar-refractivity contribution is 0.629. The molecule has 102 valence electrons. The van der Waals surface area contributed by atoms with Crippen molar-refractivity contribution < 1.29 is 4.39 Å². The number of H-pyrrole nitrogens is 1. The van der Waals surface area contributed by atoms with Crippen LogP contribution < -0.4 is 0 Å². The first-order chi connectivity index (χ1) is 9.54. The van der Waals surface area contributed by atoms with E-state index in [2.05, 4.69) is 20.9 Å². The molecule has 3 aromatic rings. The second kappa shape index (κ2) is 5.31. The zero-order chi connectivity index (χ0) is 14.3. The fraction of sp³-hybridized carbons (Fsp3) is 0.0714. The molecule has 0 aliphatic rings. The smallest absolute Gasteiger partial charge is 0.178 e. The van der Waals surface area contributed by atoms with E-state index in [1.807, 2.05) is 28.8 Å². The molecule has 1 N–H and O–H groups in total. The predicted octanol–water partition coefficient (Wildman–Crippen LogP) is 5.30. The van der Waals surface area contributed by atoms with E-state index in [4.69, 9.17) is 23.8 Å². The molecule has 3 rings (SSSR count). The molecule has 0 saturated heterocycles. The molecule has 2 aromatic carbocycles. The number of hydrogen-bond donors (Lipinski definition) is 1. The molecular formula is C14H9BrClFN2S. The second-order valence-corrected chi connectivity index (χ2v) is 6.14. The molecule has 0 aliphatic heterocycles. The van der Waals surface area contributed by atoms with Crippen LogP contribution in [0.15, 0.2) is 40.9 Å². The monoisotopic (exact) mass is 370 g/mol. The molecule has 0 atom stereocenters. The standard InChI is InChI=1S/C14H9BrClFN2S/c15-9-3-1-2-8(4-9)7-19-13-5-10(16)11(17)6-12(13)18-14(19)20/h1-6H,7H2,(H,18,20). The number of aromatic nitrogens is 2. The van der Waals surface area contributed by atoms with Crippen LogP contribution >= 0.6 is 39.7 Å². The summed E-state index contributed by atoms with van der Waals surface area (Å²) in [5.41, 5.74) is 2.53. The number of benzene rings is 2. The van der Waals surface area contributed by atoms with Gasteiger partial charge >= 0.3 is 0 Å². The van der Waals surface area contributed by atoms with Crippen molar-refractivity contribution in [3.63, 3.8) is 0 Å². The van der Waals surface area contributed by atoms with Crippen LogP contribution in [0, 0.1) is 10.6 Å².